The monoisotopic (exact) mass is 1170 g/mol. The molecule has 80 heavy (non-hydrogen) atoms. The molecule has 0 radical (unpaired) electrons. The lowest BCUT2D eigenvalue weighted by atomic mass is 9.62. The molecule has 4 heterocycles. The molecule has 4 aromatic carbocycles. The normalized spacial score (nSPS) is 18.6. The summed E-state index contributed by atoms with van der Waals surface area (Å²) >= 11 is 20.3. The van der Waals surface area contributed by atoms with Gasteiger partial charge in [-0.15, -0.1) is 21.5 Å². The second-order valence-electron chi connectivity index (χ2n) is 20.6. The Hall–Kier alpha value is -6.34. The Morgan fingerprint density at radius 3 is 2.20 bits per heavy atom. The number of nitrogens with one attached hydrogen (secondary N) is 4. The first-order chi connectivity index (χ1) is 38.3. The van der Waals surface area contributed by atoms with Crippen LogP contribution in [-0.4, -0.2) is 110 Å². The number of rotatable bonds is 22. The summed E-state index contributed by atoms with van der Waals surface area (Å²) in [4.78, 5) is 47.4. The van der Waals surface area contributed by atoms with Gasteiger partial charge in [-0.25, -0.2) is 8.78 Å². The zero-order valence-electron chi connectivity index (χ0n) is 45.3. The van der Waals surface area contributed by atoms with E-state index in [4.69, 9.17) is 58.7 Å². The van der Waals surface area contributed by atoms with Crippen molar-refractivity contribution in [3.63, 3.8) is 0 Å². The number of amides is 3. The predicted octanol–water partition coefficient (Wildman–Crippen LogP) is 10.3. The Labute approximate surface area is 482 Å². The lowest BCUT2D eigenvalue weighted by Crippen LogP contribution is -2.45. The number of aliphatic imine (C=N–C) groups is 1. The molecule has 1 saturated heterocycles. The van der Waals surface area contributed by atoms with Gasteiger partial charge in [0, 0.05) is 62.2 Å². The molecule has 4 unspecified atom stereocenters. The maximum absolute atomic E-state index is 16.2. The summed E-state index contributed by atoms with van der Waals surface area (Å²) in [5.74, 6) is -2.77. The van der Waals surface area contributed by atoms with Crippen LogP contribution in [0.25, 0.3) is 5.00 Å². The summed E-state index contributed by atoms with van der Waals surface area (Å²) in [6.45, 7) is 14.0. The number of halogens is 5. The van der Waals surface area contributed by atoms with E-state index in [1.807, 2.05) is 56.5 Å². The number of thiophene rings is 1. The number of ether oxygens (including phenoxy) is 4. The number of hydrogen-bond acceptors (Lipinski definition) is 13. The van der Waals surface area contributed by atoms with Crippen molar-refractivity contribution in [3.05, 3.63) is 155 Å². The van der Waals surface area contributed by atoms with Crippen molar-refractivity contribution in [2.45, 2.75) is 83.8 Å². The fourth-order valence-electron chi connectivity index (χ4n) is 10.2. The van der Waals surface area contributed by atoms with E-state index in [9.17, 15) is 19.6 Å². The molecule has 422 valence electrons. The molecule has 0 aliphatic carbocycles. The van der Waals surface area contributed by atoms with E-state index in [2.05, 4.69) is 51.4 Å². The number of benzene rings is 4. The Morgan fingerprint density at radius 1 is 0.863 bits per heavy atom. The molecular weight excluding hydrogens is 1110 g/mol. The molecule has 22 heteroatoms. The number of methoxy groups -OCH3 is 1. The van der Waals surface area contributed by atoms with Gasteiger partial charge in [0.15, 0.2) is 5.82 Å². The second kappa shape index (κ2) is 26.1. The molecule has 4 N–H and O–H groups in total. The van der Waals surface area contributed by atoms with Crippen LogP contribution in [0.1, 0.15) is 100 Å². The molecule has 5 atom stereocenters. The Morgan fingerprint density at radius 2 is 1.54 bits per heavy atom. The van der Waals surface area contributed by atoms with Gasteiger partial charge in [0.2, 0.25) is 11.8 Å². The summed E-state index contributed by atoms with van der Waals surface area (Å²) in [6.07, 6.45) is 0.345. The highest BCUT2D eigenvalue weighted by atomic mass is 35.5. The van der Waals surface area contributed by atoms with E-state index < -0.39 is 58.3 Å². The molecule has 0 saturated carbocycles. The Balaban J connectivity index is 0.776. The van der Waals surface area contributed by atoms with Crippen molar-refractivity contribution in [1.29, 1.82) is 5.26 Å². The average Bonchev–Trinajstić information content (AvgIpc) is 4.24. The van der Waals surface area contributed by atoms with Crippen LogP contribution in [0.5, 0.6) is 5.75 Å². The zero-order valence-corrected chi connectivity index (χ0v) is 48.4. The predicted molar refractivity (Wildman–Crippen MR) is 305 cm³/mol. The number of anilines is 1. The number of nitrogens with zero attached hydrogens (tertiary/aromatic N) is 5. The van der Waals surface area contributed by atoms with Crippen LogP contribution in [0.2, 0.25) is 15.1 Å². The van der Waals surface area contributed by atoms with Crippen LogP contribution >= 0.6 is 46.1 Å². The van der Waals surface area contributed by atoms with Gasteiger partial charge >= 0.3 is 0 Å². The number of aryl methyl sites for hydroxylation is 2. The van der Waals surface area contributed by atoms with Crippen LogP contribution in [0, 0.1) is 49.2 Å². The highest BCUT2D eigenvalue weighted by Crippen LogP contribution is 2.53. The van der Waals surface area contributed by atoms with E-state index in [-0.39, 0.29) is 96.4 Å². The van der Waals surface area contributed by atoms with Crippen LogP contribution < -0.4 is 26.0 Å². The molecule has 2 aliphatic heterocycles. The smallest absolute Gasteiger partial charge is 0.251 e. The summed E-state index contributed by atoms with van der Waals surface area (Å²) in [6, 6.07) is 19.8. The number of nitriles is 1. The Kier molecular flexibility index (Phi) is 19.5. The maximum atomic E-state index is 16.2. The highest BCUT2D eigenvalue weighted by molar-refractivity contribution is 7.15. The maximum Gasteiger partial charge on any atom is 0.251 e. The molecule has 0 bridgehead atoms. The van der Waals surface area contributed by atoms with Crippen molar-refractivity contribution in [3.8, 4) is 16.8 Å². The fourth-order valence-corrected chi connectivity index (χ4v) is 11.9. The Bertz CT molecular complexity index is 3330. The zero-order chi connectivity index (χ0) is 57.5. The van der Waals surface area contributed by atoms with Crippen LogP contribution in [0.4, 0.5) is 14.5 Å². The summed E-state index contributed by atoms with van der Waals surface area (Å²) in [5, 5.41) is 33.4. The molecule has 8 rings (SSSR count). The van der Waals surface area contributed by atoms with Gasteiger partial charge in [-0.05, 0) is 92.3 Å². The topological polar surface area (TPSA) is 203 Å². The minimum atomic E-state index is -1.82. The summed E-state index contributed by atoms with van der Waals surface area (Å²) in [5.41, 5.74) is 1.81. The third kappa shape index (κ3) is 13.2. The van der Waals surface area contributed by atoms with Crippen molar-refractivity contribution in [1.82, 2.24) is 30.7 Å². The third-order valence-corrected chi connectivity index (χ3v) is 16.0. The largest absolute Gasteiger partial charge is 0.495 e. The van der Waals surface area contributed by atoms with E-state index in [1.165, 1.54) is 55.6 Å². The highest BCUT2D eigenvalue weighted by Gasteiger charge is 2.61. The van der Waals surface area contributed by atoms with Crippen molar-refractivity contribution in [2.75, 3.05) is 65.2 Å². The minimum Gasteiger partial charge on any atom is -0.495 e. The van der Waals surface area contributed by atoms with Gasteiger partial charge in [-0.3, -0.25) is 23.9 Å². The number of carbonyl (C=O) groups excluding carboxylic acids is 3. The van der Waals surface area contributed by atoms with Crippen molar-refractivity contribution >= 4 is 75.3 Å². The van der Waals surface area contributed by atoms with Crippen LogP contribution in [-0.2, 0) is 29.2 Å². The van der Waals surface area contributed by atoms with E-state index in [0.717, 1.165) is 38.3 Å². The number of fused-ring (bicyclic) bond motifs is 3. The third-order valence-electron chi connectivity index (χ3n) is 14.0. The quantitative estimate of drug-likeness (QED) is 0.0471. The van der Waals surface area contributed by atoms with Gasteiger partial charge in [-0.2, -0.15) is 5.26 Å². The van der Waals surface area contributed by atoms with Gasteiger partial charge in [0.1, 0.15) is 39.7 Å². The fraction of sp³-hybridized carbons (Fsp3) is 0.397. The van der Waals surface area contributed by atoms with Crippen LogP contribution in [0.15, 0.2) is 83.9 Å². The molecule has 3 amide bonds. The van der Waals surface area contributed by atoms with Gasteiger partial charge in [0.05, 0.1) is 81.7 Å². The molecule has 6 aromatic rings. The number of aromatic nitrogens is 3. The first-order valence-electron chi connectivity index (χ1n) is 26.0. The number of carbonyl (C=O) groups is 3. The van der Waals surface area contributed by atoms with E-state index in [0.29, 0.717) is 29.9 Å². The molecule has 2 aliphatic rings. The first kappa shape index (κ1) is 59.8. The van der Waals surface area contributed by atoms with E-state index >= 15 is 8.78 Å². The van der Waals surface area contributed by atoms with Gasteiger partial charge in [-0.1, -0.05) is 85.9 Å². The van der Waals surface area contributed by atoms with E-state index in [1.54, 1.807) is 11.3 Å². The van der Waals surface area contributed by atoms with Gasteiger partial charge in [0.25, 0.3) is 5.91 Å². The standard InChI is InChI=1S/C58H62Cl3F2N9O7S/c1-32-33(2)80-56-48(32)51(35-11-14-37(59)15-12-35)67-44(53-71-70-34(3)72(53)56)29-47(73)65-19-21-77-23-25-79-26-24-78-22-20-66-54(74)36-13-18-43(45(27-36)76-7)68-55(75)52-49(39-9-8-10-41(61)50(39)63)58(31-64,46(69-52)30-57(4,5)6)40-17-16-38(60)28-42(40)62/h8-18,27-28,44,46,49,52,69H,19-26,29-30H2,1-7H3,(H,65,73)(H,66,74)(H,68,75)/t44-,46?,49?,52?,58?/m0/s1. The number of hydrogen-bond donors (Lipinski definition) is 4. The van der Waals surface area contributed by atoms with Crippen LogP contribution in [0.3, 0.4) is 0 Å². The van der Waals surface area contributed by atoms with Crippen molar-refractivity contribution in [2.24, 2.45) is 10.4 Å². The van der Waals surface area contributed by atoms with Crippen molar-refractivity contribution < 1.29 is 42.1 Å². The lowest BCUT2D eigenvalue weighted by Gasteiger charge is -2.37. The SMILES string of the molecule is COc1cc(C(=O)NCCOCCOCCOCCNC(=O)C[C@@H]2N=C(c3ccc(Cl)cc3)c3c(sc(C)c3C)-n3c(C)nnc32)ccc1NC(=O)C1NC(CC(C)(C)C)C(C#N)(c2ccc(Cl)cc2F)C1c1cccc(Cl)c1F. The lowest BCUT2D eigenvalue weighted by molar-refractivity contribution is -0.121. The van der Waals surface area contributed by atoms with Gasteiger partial charge < -0.3 is 40.2 Å². The summed E-state index contributed by atoms with van der Waals surface area (Å²) in [7, 11) is 1.38. The minimum absolute atomic E-state index is 0.0499. The molecule has 0 spiro atoms. The molecule has 16 nitrogen and oxygen atoms in total. The molecular formula is C58H62Cl3F2N9O7S. The second-order valence-corrected chi connectivity index (χ2v) is 23.1. The molecule has 2 aromatic heterocycles. The average molecular weight is 1170 g/mol. The first-order valence-corrected chi connectivity index (χ1v) is 27.9. The molecule has 1 fully saturated rings. The summed E-state index contributed by atoms with van der Waals surface area (Å²) < 4.78 is 56.8.